The zero-order chi connectivity index (χ0) is 27.4. The van der Waals surface area contributed by atoms with Gasteiger partial charge < -0.3 is 45.2 Å². The number of hydrogen-bond donors (Lipinski definition) is 7. The number of fused-ring (bicyclic) bond motifs is 3. The standard InChI is InChI=1S/C26H27NO11/c28-11-18-21(32)22(33)24(34)26(37-18)8-7-15-20-13(10-17(30)23(15)38-26)9-16(25(35)36)27(20)19(31)6-3-12-1-4-14(29)5-2-12/h1-6,10,16,18,21-22,24,28-30,32-34H,7-9,11H2,(H,35,36)/b6-3+/t16-,18-,21-,22+,24-,26+/m1/s1. The average Bonchev–Trinajstić information content (AvgIpc) is 3.29. The Bertz CT molecular complexity index is 1290. The molecule has 0 saturated carbocycles. The van der Waals surface area contributed by atoms with Crippen LogP contribution >= 0.6 is 0 Å². The van der Waals surface area contributed by atoms with Crippen LogP contribution < -0.4 is 9.64 Å². The minimum Gasteiger partial charge on any atom is -0.508 e. The first-order valence-corrected chi connectivity index (χ1v) is 12.0. The number of carboxylic acid groups (broad SMARTS) is 1. The Hall–Kier alpha value is -3.68. The lowest BCUT2D eigenvalue weighted by Gasteiger charge is -2.50. The number of carboxylic acids is 1. The van der Waals surface area contributed by atoms with Crippen molar-refractivity contribution in [1.82, 2.24) is 0 Å². The second-order valence-electron chi connectivity index (χ2n) is 9.58. The van der Waals surface area contributed by atoms with Crippen LogP contribution in [0.2, 0.25) is 0 Å². The van der Waals surface area contributed by atoms with Gasteiger partial charge in [-0.05, 0) is 41.8 Å². The predicted molar refractivity (Wildman–Crippen MR) is 130 cm³/mol. The van der Waals surface area contributed by atoms with Gasteiger partial charge in [-0.25, -0.2) is 4.79 Å². The number of anilines is 1. The molecule has 1 spiro atoms. The van der Waals surface area contributed by atoms with Crippen molar-refractivity contribution >= 4 is 23.6 Å². The minimum atomic E-state index is -1.91. The normalized spacial score (nSPS) is 30.2. The van der Waals surface area contributed by atoms with Gasteiger partial charge in [-0.3, -0.25) is 9.69 Å². The van der Waals surface area contributed by atoms with Crippen molar-refractivity contribution in [2.45, 2.75) is 55.5 Å². The Balaban J connectivity index is 1.53. The Labute approximate surface area is 216 Å². The summed E-state index contributed by atoms with van der Waals surface area (Å²) in [5.41, 5.74) is 1.58. The van der Waals surface area contributed by atoms with Crippen LogP contribution in [0.3, 0.4) is 0 Å². The van der Waals surface area contributed by atoms with E-state index in [4.69, 9.17) is 9.47 Å². The summed E-state index contributed by atoms with van der Waals surface area (Å²) in [7, 11) is 0. The molecule has 12 nitrogen and oxygen atoms in total. The van der Waals surface area contributed by atoms with Gasteiger partial charge in [-0.15, -0.1) is 0 Å². The summed E-state index contributed by atoms with van der Waals surface area (Å²) in [6, 6.07) is 6.08. The fourth-order valence-electron chi connectivity index (χ4n) is 5.33. The van der Waals surface area contributed by atoms with Gasteiger partial charge in [0.05, 0.1) is 12.3 Å². The molecule has 12 heteroatoms. The largest absolute Gasteiger partial charge is 0.508 e. The first-order chi connectivity index (χ1) is 18.1. The summed E-state index contributed by atoms with van der Waals surface area (Å²) in [5, 5.41) is 70.8. The molecule has 0 aliphatic carbocycles. The molecular weight excluding hydrogens is 502 g/mol. The van der Waals surface area contributed by atoms with Crippen LogP contribution in [-0.2, 0) is 27.2 Å². The van der Waals surface area contributed by atoms with E-state index in [0.29, 0.717) is 16.7 Å². The number of amides is 1. The molecule has 0 aromatic heterocycles. The van der Waals surface area contributed by atoms with Crippen molar-refractivity contribution in [1.29, 1.82) is 0 Å². The number of nitrogens with zero attached hydrogens (tertiary/aromatic N) is 1. The highest BCUT2D eigenvalue weighted by molar-refractivity contribution is 6.10. The summed E-state index contributed by atoms with van der Waals surface area (Å²) in [6.45, 7) is -0.672. The second-order valence-corrected chi connectivity index (χ2v) is 9.58. The van der Waals surface area contributed by atoms with Gasteiger partial charge in [0.25, 0.3) is 5.91 Å². The van der Waals surface area contributed by atoms with Crippen molar-refractivity contribution in [2.75, 3.05) is 11.5 Å². The van der Waals surface area contributed by atoms with Crippen LogP contribution in [-0.4, -0.2) is 90.5 Å². The number of benzene rings is 2. The number of phenolic OH excluding ortho intramolecular Hbond substituents is 2. The molecular formula is C26H27NO11. The molecule has 1 fully saturated rings. The summed E-state index contributed by atoms with van der Waals surface area (Å²) in [5.74, 6) is -4.29. The summed E-state index contributed by atoms with van der Waals surface area (Å²) < 4.78 is 11.6. The molecule has 2 aromatic rings. The van der Waals surface area contributed by atoms with E-state index in [1.165, 1.54) is 30.4 Å². The van der Waals surface area contributed by atoms with E-state index in [9.17, 15) is 45.3 Å². The molecule has 38 heavy (non-hydrogen) atoms. The molecule has 0 unspecified atom stereocenters. The zero-order valence-electron chi connectivity index (χ0n) is 20.0. The third-order valence-corrected chi connectivity index (χ3v) is 7.24. The molecule has 7 N–H and O–H groups in total. The Kier molecular flexibility index (Phi) is 6.53. The van der Waals surface area contributed by atoms with Gasteiger partial charge >= 0.3 is 5.97 Å². The van der Waals surface area contributed by atoms with E-state index in [2.05, 4.69) is 0 Å². The van der Waals surface area contributed by atoms with E-state index >= 15 is 0 Å². The number of rotatable bonds is 4. The lowest BCUT2D eigenvalue weighted by Crippen LogP contribution is -2.68. The van der Waals surface area contributed by atoms with E-state index in [1.54, 1.807) is 12.1 Å². The predicted octanol–water partition coefficient (Wildman–Crippen LogP) is -0.351. The van der Waals surface area contributed by atoms with E-state index in [-0.39, 0.29) is 42.2 Å². The fourth-order valence-corrected chi connectivity index (χ4v) is 5.33. The van der Waals surface area contributed by atoms with Crippen LogP contribution in [0.5, 0.6) is 17.2 Å². The van der Waals surface area contributed by atoms with Crippen LogP contribution in [0.25, 0.3) is 6.08 Å². The van der Waals surface area contributed by atoms with Gasteiger partial charge in [0.2, 0.25) is 5.79 Å². The van der Waals surface area contributed by atoms with E-state index < -0.39 is 54.7 Å². The number of carbonyl (C=O) groups is 2. The number of hydrogen-bond acceptors (Lipinski definition) is 10. The molecule has 0 bridgehead atoms. The number of phenols is 2. The summed E-state index contributed by atoms with van der Waals surface area (Å²) >= 11 is 0. The fraction of sp³-hybridized carbons (Fsp3) is 0.385. The molecule has 202 valence electrons. The average molecular weight is 529 g/mol. The van der Waals surface area contributed by atoms with Crippen LogP contribution in [0.4, 0.5) is 5.69 Å². The van der Waals surface area contributed by atoms with Gasteiger partial charge in [0, 0.05) is 24.5 Å². The topological polar surface area (TPSA) is 197 Å². The molecule has 0 radical (unpaired) electrons. The number of aliphatic carboxylic acids is 1. The van der Waals surface area contributed by atoms with Crippen molar-refractivity contribution in [3.05, 3.63) is 53.1 Å². The quantitative estimate of drug-likeness (QED) is 0.256. The van der Waals surface area contributed by atoms with Crippen molar-refractivity contribution in [3.63, 3.8) is 0 Å². The Morgan fingerprint density at radius 3 is 2.47 bits per heavy atom. The minimum absolute atomic E-state index is 0.0435. The second kappa shape index (κ2) is 9.57. The SMILES string of the molecule is O=C(O)[C@H]1Cc2cc(O)c3c(c2N1C(=O)/C=C/c1ccc(O)cc1)CC[C@@]1(O3)O[C@H](CO)[C@@H](O)[C@H](O)[C@H]1O. The molecule has 1 saturated heterocycles. The lowest BCUT2D eigenvalue weighted by atomic mass is 9.86. The zero-order valence-corrected chi connectivity index (χ0v) is 20.0. The first-order valence-electron chi connectivity index (χ1n) is 12.0. The van der Waals surface area contributed by atoms with E-state index in [0.717, 1.165) is 4.90 Å². The molecule has 6 atom stereocenters. The van der Waals surface area contributed by atoms with Gasteiger partial charge in [0.15, 0.2) is 11.5 Å². The maximum Gasteiger partial charge on any atom is 0.327 e. The Morgan fingerprint density at radius 1 is 1.11 bits per heavy atom. The summed E-state index contributed by atoms with van der Waals surface area (Å²) in [6.07, 6.45) is -3.73. The first kappa shape index (κ1) is 25.9. The number of carbonyl (C=O) groups excluding carboxylic acids is 1. The maximum atomic E-state index is 13.3. The third kappa shape index (κ3) is 4.16. The van der Waals surface area contributed by atoms with Gasteiger partial charge in [-0.2, -0.15) is 0 Å². The highest BCUT2D eigenvalue weighted by atomic mass is 16.7. The third-order valence-electron chi connectivity index (χ3n) is 7.24. The smallest absolute Gasteiger partial charge is 0.327 e. The van der Waals surface area contributed by atoms with Crippen molar-refractivity contribution < 1.29 is 54.8 Å². The van der Waals surface area contributed by atoms with Gasteiger partial charge in [0.1, 0.15) is 36.2 Å². The lowest BCUT2D eigenvalue weighted by molar-refractivity contribution is -0.342. The van der Waals surface area contributed by atoms with E-state index in [1.807, 2.05) is 0 Å². The number of ether oxygens (including phenoxy) is 2. The molecule has 3 heterocycles. The van der Waals surface area contributed by atoms with Gasteiger partial charge in [-0.1, -0.05) is 12.1 Å². The van der Waals surface area contributed by atoms with Crippen LogP contribution in [0.15, 0.2) is 36.4 Å². The molecule has 2 aromatic carbocycles. The number of aliphatic hydroxyl groups is 4. The molecule has 3 aliphatic rings. The maximum absolute atomic E-state index is 13.3. The molecule has 3 aliphatic heterocycles. The van der Waals surface area contributed by atoms with Crippen molar-refractivity contribution in [2.24, 2.45) is 0 Å². The van der Waals surface area contributed by atoms with Crippen molar-refractivity contribution in [3.8, 4) is 17.2 Å². The molecule has 5 rings (SSSR count). The van der Waals surface area contributed by atoms with Crippen LogP contribution in [0, 0.1) is 0 Å². The number of aliphatic hydroxyl groups excluding tert-OH is 4. The molecule has 1 amide bonds. The Morgan fingerprint density at radius 2 is 1.82 bits per heavy atom. The highest BCUT2D eigenvalue weighted by Crippen LogP contribution is 2.51. The number of aromatic hydroxyl groups is 2. The van der Waals surface area contributed by atoms with Crippen LogP contribution in [0.1, 0.15) is 23.1 Å². The summed E-state index contributed by atoms with van der Waals surface area (Å²) in [4.78, 5) is 26.5. The monoisotopic (exact) mass is 529 g/mol. The highest BCUT2D eigenvalue weighted by Gasteiger charge is 2.57.